The van der Waals surface area contributed by atoms with Gasteiger partial charge in [0.05, 0.1) is 5.56 Å². The molecule has 1 aromatic carbocycles. The SMILES string of the molecule is C#C.CCC.N[C@@H]1CC[C@H](C(=O)N2CCc3ccc(C(F)(F)F)cc3C2)C1. The van der Waals surface area contributed by atoms with Crippen LogP contribution in [0.4, 0.5) is 13.2 Å². The number of nitrogens with two attached hydrogens (primary N) is 1. The van der Waals surface area contributed by atoms with Crippen molar-refractivity contribution in [2.75, 3.05) is 6.54 Å². The highest BCUT2D eigenvalue weighted by Crippen LogP contribution is 2.33. The first kappa shape index (κ1) is 23.0. The molecule has 1 aliphatic heterocycles. The van der Waals surface area contributed by atoms with Gasteiger partial charge < -0.3 is 10.6 Å². The van der Waals surface area contributed by atoms with Crippen LogP contribution in [0.15, 0.2) is 18.2 Å². The standard InChI is InChI=1S/C16H19F3N2O.C3H8.C2H2/c17-16(18,19)13-3-1-10-5-6-21(9-12(10)7-13)15(22)11-2-4-14(20)8-11;1-3-2;1-2/h1,3,7,11,14H,2,4-6,8-9,20H2;3H2,1-2H3;1-2H/t11-,14+;;/m0../s1. The lowest BCUT2D eigenvalue weighted by molar-refractivity contribution is -0.137. The molecular formula is C21H29F3N2O. The van der Waals surface area contributed by atoms with E-state index in [2.05, 4.69) is 26.7 Å². The van der Waals surface area contributed by atoms with Crippen molar-refractivity contribution in [3.05, 3.63) is 34.9 Å². The molecule has 0 aromatic heterocycles. The van der Waals surface area contributed by atoms with Gasteiger partial charge in [0.1, 0.15) is 0 Å². The molecular weight excluding hydrogens is 353 g/mol. The number of benzene rings is 1. The number of halogens is 3. The summed E-state index contributed by atoms with van der Waals surface area (Å²) in [7, 11) is 0. The number of carbonyl (C=O) groups excluding carboxylic acids is 1. The molecule has 1 fully saturated rings. The van der Waals surface area contributed by atoms with Gasteiger partial charge in [-0.3, -0.25) is 4.79 Å². The first-order valence-electron chi connectivity index (χ1n) is 9.32. The quantitative estimate of drug-likeness (QED) is 0.733. The highest BCUT2D eigenvalue weighted by atomic mass is 19.4. The molecule has 3 nitrogen and oxygen atoms in total. The fraction of sp³-hybridized carbons (Fsp3) is 0.571. The van der Waals surface area contributed by atoms with Crippen molar-refractivity contribution in [3.8, 4) is 12.8 Å². The molecule has 1 aliphatic carbocycles. The summed E-state index contributed by atoms with van der Waals surface area (Å²) < 4.78 is 38.4. The van der Waals surface area contributed by atoms with Crippen LogP contribution in [-0.4, -0.2) is 23.4 Å². The summed E-state index contributed by atoms with van der Waals surface area (Å²) in [5.74, 6) is -0.0293. The van der Waals surface area contributed by atoms with Gasteiger partial charge in [-0.15, -0.1) is 12.8 Å². The zero-order valence-corrected chi connectivity index (χ0v) is 16.1. The van der Waals surface area contributed by atoms with Gasteiger partial charge in [-0.05, 0) is 48.9 Å². The first-order chi connectivity index (χ1) is 12.8. The maximum absolute atomic E-state index is 12.8. The zero-order valence-electron chi connectivity index (χ0n) is 16.1. The average molecular weight is 382 g/mol. The smallest absolute Gasteiger partial charge is 0.338 e. The summed E-state index contributed by atoms with van der Waals surface area (Å²) >= 11 is 0. The summed E-state index contributed by atoms with van der Waals surface area (Å²) in [5.41, 5.74) is 6.70. The highest BCUT2D eigenvalue weighted by molar-refractivity contribution is 5.79. The zero-order chi connectivity index (χ0) is 20.6. The van der Waals surface area contributed by atoms with E-state index in [1.165, 1.54) is 18.6 Å². The Hall–Kier alpha value is -2.00. The van der Waals surface area contributed by atoms with Gasteiger partial charge in [0.15, 0.2) is 0 Å². The second kappa shape index (κ2) is 10.4. The Bertz CT molecular complexity index is 640. The number of hydrogen-bond acceptors (Lipinski definition) is 2. The van der Waals surface area contributed by atoms with Gasteiger partial charge in [0, 0.05) is 25.0 Å². The molecule has 1 saturated carbocycles. The summed E-state index contributed by atoms with van der Waals surface area (Å²) in [6, 6.07) is 3.90. The molecule has 0 bridgehead atoms. The van der Waals surface area contributed by atoms with Gasteiger partial charge in [0.2, 0.25) is 5.91 Å². The molecule has 2 aliphatic rings. The molecule has 3 rings (SSSR count). The predicted octanol–water partition coefficient (Wildman–Crippen LogP) is 4.38. The number of hydrogen-bond donors (Lipinski definition) is 1. The van der Waals surface area contributed by atoms with E-state index >= 15 is 0 Å². The molecule has 0 unspecified atom stereocenters. The number of carbonyl (C=O) groups is 1. The van der Waals surface area contributed by atoms with Crippen LogP contribution in [0.1, 0.15) is 56.2 Å². The van der Waals surface area contributed by atoms with Crippen molar-refractivity contribution < 1.29 is 18.0 Å². The van der Waals surface area contributed by atoms with Crippen LogP contribution in [0.2, 0.25) is 0 Å². The lowest BCUT2D eigenvalue weighted by atomic mass is 9.95. The van der Waals surface area contributed by atoms with Crippen LogP contribution < -0.4 is 5.73 Å². The van der Waals surface area contributed by atoms with Gasteiger partial charge in [-0.2, -0.15) is 13.2 Å². The highest BCUT2D eigenvalue weighted by Gasteiger charge is 2.34. The third-order valence-corrected chi connectivity index (χ3v) is 4.68. The van der Waals surface area contributed by atoms with E-state index in [0.29, 0.717) is 24.9 Å². The second-order valence-corrected chi connectivity index (χ2v) is 6.97. The van der Waals surface area contributed by atoms with Gasteiger partial charge >= 0.3 is 6.18 Å². The number of nitrogens with zero attached hydrogens (tertiary/aromatic N) is 1. The van der Waals surface area contributed by atoms with Crippen molar-refractivity contribution in [2.24, 2.45) is 11.7 Å². The normalized spacial score (nSPS) is 21.3. The number of fused-ring (bicyclic) bond motifs is 1. The van der Waals surface area contributed by atoms with Crippen molar-refractivity contribution >= 4 is 5.91 Å². The third kappa shape index (κ3) is 6.28. The molecule has 0 saturated heterocycles. The van der Waals surface area contributed by atoms with Crippen molar-refractivity contribution in [1.82, 2.24) is 4.90 Å². The van der Waals surface area contributed by atoms with Crippen LogP contribution in [0, 0.1) is 18.8 Å². The summed E-state index contributed by atoms with van der Waals surface area (Å²) in [6.07, 6.45) is 7.83. The molecule has 1 heterocycles. The second-order valence-electron chi connectivity index (χ2n) is 6.97. The van der Waals surface area contributed by atoms with Crippen molar-refractivity contribution in [3.63, 3.8) is 0 Å². The van der Waals surface area contributed by atoms with E-state index in [1.807, 2.05) is 0 Å². The Balaban J connectivity index is 0.000000665. The van der Waals surface area contributed by atoms with Crippen molar-refractivity contribution in [2.45, 2.75) is 64.7 Å². The summed E-state index contributed by atoms with van der Waals surface area (Å²) in [6.45, 7) is 5.09. The van der Waals surface area contributed by atoms with Crippen molar-refractivity contribution in [1.29, 1.82) is 0 Å². The number of alkyl halides is 3. The Morgan fingerprint density at radius 2 is 1.85 bits per heavy atom. The molecule has 0 radical (unpaired) electrons. The minimum absolute atomic E-state index is 0.0380. The molecule has 6 heteroatoms. The minimum atomic E-state index is -4.35. The van der Waals surface area contributed by atoms with E-state index in [9.17, 15) is 18.0 Å². The monoisotopic (exact) mass is 382 g/mol. The van der Waals surface area contributed by atoms with Crippen LogP contribution >= 0.6 is 0 Å². The maximum atomic E-state index is 12.8. The number of terminal acetylenes is 1. The van der Waals surface area contributed by atoms with E-state index in [4.69, 9.17) is 5.73 Å². The molecule has 2 atom stereocenters. The number of amides is 1. The maximum Gasteiger partial charge on any atom is 0.416 e. The molecule has 1 amide bonds. The topological polar surface area (TPSA) is 46.3 Å². The molecule has 0 spiro atoms. The number of rotatable bonds is 1. The lowest BCUT2D eigenvalue weighted by Crippen LogP contribution is -2.39. The minimum Gasteiger partial charge on any atom is -0.338 e. The molecule has 2 N–H and O–H groups in total. The molecule has 27 heavy (non-hydrogen) atoms. The van der Waals surface area contributed by atoms with E-state index in [0.717, 1.165) is 24.5 Å². The predicted molar refractivity (Wildman–Crippen MR) is 102 cm³/mol. The first-order valence-corrected chi connectivity index (χ1v) is 9.32. The van der Waals surface area contributed by atoms with E-state index in [1.54, 1.807) is 4.90 Å². The van der Waals surface area contributed by atoms with Crippen LogP contribution in [0.25, 0.3) is 0 Å². The van der Waals surface area contributed by atoms with Gasteiger partial charge in [0.25, 0.3) is 0 Å². The fourth-order valence-electron chi connectivity index (χ4n) is 3.42. The van der Waals surface area contributed by atoms with Crippen LogP contribution in [0.5, 0.6) is 0 Å². The fourth-order valence-corrected chi connectivity index (χ4v) is 3.42. The lowest BCUT2D eigenvalue weighted by Gasteiger charge is -2.31. The van der Waals surface area contributed by atoms with Crippen LogP contribution in [0.3, 0.4) is 0 Å². The summed E-state index contributed by atoms with van der Waals surface area (Å²) in [5, 5.41) is 0. The van der Waals surface area contributed by atoms with E-state index in [-0.39, 0.29) is 24.4 Å². The Morgan fingerprint density at radius 3 is 2.37 bits per heavy atom. The van der Waals surface area contributed by atoms with Gasteiger partial charge in [-0.1, -0.05) is 26.3 Å². The summed E-state index contributed by atoms with van der Waals surface area (Å²) in [4.78, 5) is 14.2. The Kier molecular flexibility index (Phi) is 8.84. The molecule has 150 valence electrons. The van der Waals surface area contributed by atoms with E-state index < -0.39 is 11.7 Å². The Morgan fingerprint density at radius 1 is 1.22 bits per heavy atom. The third-order valence-electron chi connectivity index (χ3n) is 4.68. The van der Waals surface area contributed by atoms with Gasteiger partial charge in [-0.25, -0.2) is 0 Å². The average Bonchev–Trinajstić information content (AvgIpc) is 3.08. The largest absolute Gasteiger partial charge is 0.416 e. The molecule has 1 aromatic rings. The Labute approximate surface area is 160 Å². The van der Waals surface area contributed by atoms with Crippen LogP contribution in [-0.2, 0) is 23.9 Å².